The van der Waals surface area contributed by atoms with Crippen LogP contribution in [0.15, 0.2) is 41.9 Å². The molecule has 1 unspecified atom stereocenters. The molecule has 0 aliphatic carbocycles. The number of benzene rings is 1. The summed E-state index contributed by atoms with van der Waals surface area (Å²) in [5, 5.41) is 0. The molecule has 1 spiro atoms. The van der Waals surface area contributed by atoms with Crippen molar-refractivity contribution in [2.75, 3.05) is 13.2 Å². The van der Waals surface area contributed by atoms with Crippen LogP contribution in [0.4, 0.5) is 0 Å². The van der Waals surface area contributed by atoms with E-state index in [-0.39, 0.29) is 12.1 Å². The second-order valence-electron chi connectivity index (χ2n) is 6.92. The molecule has 2 N–H and O–H groups in total. The van der Waals surface area contributed by atoms with E-state index in [0.29, 0.717) is 13.2 Å². The molecule has 0 bridgehead atoms. The lowest BCUT2D eigenvalue weighted by molar-refractivity contribution is -0.0755. The lowest BCUT2D eigenvalue weighted by Gasteiger charge is -2.45. The number of aromatic nitrogens is 2. The van der Waals surface area contributed by atoms with Gasteiger partial charge in [0.25, 0.3) is 6.02 Å². The van der Waals surface area contributed by atoms with Gasteiger partial charge in [0, 0.05) is 29.9 Å². The van der Waals surface area contributed by atoms with E-state index in [1.54, 1.807) is 12.4 Å². The van der Waals surface area contributed by atoms with Crippen molar-refractivity contribution < 1.29 is 14.2 Å². The van der Waals surface area contributed by atoms with E-state index in [1.807, 2.05) is 12.1 Å². The van der Waals surface area contributed by atoms with Gasteiger partial charge in [-0.25, -0.2) is 15.0 Å². The van der Waals surface area contributed by atoms with Crippen LogP contribution in [0.25, 0.3) is 11.1 Å². The van der Waals surface area contributed by atoms with Crippen LogP contribution in [0.1, 0.15) is 18.9 Å². The average Bonchev–Trinajstić information content (AvgIpc) is 3.20. The van der Waals surface area contributed by atoms with Crippen molar-refractivity contribution in [2.24, 2.45) is 10.7 Å². The van der Waals surface area contributed by atoms with E-state index in [0.717, 1.165) is 28.9 Å². The first-order chi connectivity index (χ1) is 12.1. The van der Waals surface area contributed by atoms with Gasteiger partial charge in [-0.3, -0.25) is 0 Å². The minimum Gasteiger partial charge on any atom is -0.484 e. The van der Waals surface area contributed by atoms with E-state index in [9.17, 15) is 0 Å². The average molecular weight is 338 g/mol. The Bertz CT molecular complexity index is 872. The molecule has 1 saturated heterocycles. The van der Waals surface area contributed by atoms with Gasteiger partial charge in [-0.2, -0.15) is 0 Å². The predicted molar refractivity (Wildman–Crippen MR) is 90.1 cm³/mol. The van der Waals surface area contributed by atoms with Crippen LogP contribution in [0.5, 0.6) is 5.75 Å². The number of hydrogen-bond acceptors (Lipinski definition) is 7. The van der Waals surface area contributed by atoms with E-state index < -0.39 is 11.1 Å². The molecule has 3 aliphatic heterocycles. The highest BCUT2D eigenvalue weighted by molar-refractivity contribution is 5.75. The third kappa shape index (κ3) is 1.99. The fourth-order valence-electron chi connectivity index (χ4n) is 4.13. The van der Waals surface area contributed by atoms with Gasteiger partial charge < -0.3 is 19.9 Å². The van der Waals surface area contributed by atoms with Crippen molar-refractivity contribution in [3.63, 3.8) is 0 Å². The SMILES string of the molecule is C[C@@]12CCO[C@@H]1C1(COC(N)=N1)c1cc(-c3cncnc3)ccc1O2. The van der Waals surface area contributed by atoms with Gasteiger partial charge in [0.2, 0.25) is 0 Å². The highest BCUT2D eigenvalue weighted by Gasteiger charge is 2.62. The van der Waals surface area contributed by atoms with Gasteiger partial charge in [0.1, 0.15) is 30.4 Å². The van der Waals surface area contributed by atoms with Crippen LogP contribution in [0.3, 0.4) is 0 Å². The topological polar surface area (TPSA) is 91.9 Å². The predicted octanol–water partition coefficient (Wildman–Crippen LogP) is 1.62. The summed E-state index contributed by atoms with van der Waals surface area (Å²) in [6, 6.07) is 6.23. The second-order valence-corrected chi connectivity index (χ2v) is 6.92. The number of nitrogens with two attached hydrogens (primary N) is 1. The largest absolute Gasteiger partial charge is 0.484 e. The first kappa shape index (κ1) is 14.7. The fourth-order valence-corrected chi connectivity index (χ4v) is 4.13. The minimum atomic E-state index is -0.686. The summed E-state index contributed by atoms with van der Waals surface area (Å²) in [4.78, 5) is 12.9. The molecule has 7 heteroatoms. The van der Waals surface area contributed by atoms with Crippen LogP contribution in [-0.2, 0) is 15.0 Å². The molecular weight excluding hydrogens is 320 g/mol. The van der Waals surface area contributed by atoms with E-state index in [2.05, 4.69) is 28.0 Å². The number of rotatable bonds is 1. The fraction of sp³-hybridized carbons (Fsp3) is 0.389. The van der Waals surface area contributed by atoms with Crippen molar-refractivity contribution in [1.29, 1.82) is 0 Å². The lowest BCUT2D eigenvalue weighted by Crippen LogP contribution is -2.57. The summed E-state index contributed by atoms with van der Waals surface area (Å²) in [6.45, 7) is 3.05. The number of nitrogens with zero attached hydrogens (tertiary/aromatic N) is 3. The molecule has 25 heavy (non-hydrogen) atoms. The molecule has 7 nitrogen and oxygen atoms in total. The lowest BCUT2D eigenvalue weighted by atomic mass is 9.74. The van der Waals surface area contributed by atoms with Crippen molar-refractivity contribution in [3.05, 3.63) is 42.5 Å². The van der Waals surface area contributed by atoms with Gasteiger partial charge in [-0.1, -0.05) is 6.07 Å². The van der Waals surface area contributed by atoms with Crippen molar-refractivity contribution >= 4 is 6.02 Å². The van der Waals surface area contributed by atoms with E-state index in [1.165, 1.54) is 6.33 Å². The molecule has 128 valence electrons. The summed E-state index contributed by atoms with van der Waals surface area (Å²) in [6.07, 6.45) is 5.65. The maximum atomic E-state index is 6.33. The Morgan fingerprint density at radius 2 is 2.04 bits per heavy atom. The molecule has 0 radical (unpaired) electrons. The molecule has 1 aromatic carbocycles. The normalized spacial score (nSPS) is 32.5. The third-order valence-electron chi connectivity index (χ3n) is 5.30. The summed E-state index contributed by atoms with van der Waals surface area (Å²) < 4.78 is 18.0. The molecule has 1 aromatic heterocycles. The van der Waals surface area contributed by atoms with Crippen molar-refractivity contribution in [2.45, 2.75) is 30.6 Å². The molecule has 4 heterocycles. The summed E-state index contributed by atoms with van der Waals surface area (Å²) in [7, 11) is 0. The Hall–Kier alpha value is -2.67. The second kappa shape index (κ2) is 4.92. The van der Waals surface area contributed by atoms with Gasteiger partial charge in [-0.15, -0.1) is 0 Å². The van der Waals surface area contributed by atoms with Crippen LogP contribution in [0.2, 0.25) is 0 Å². The Kier molecular flexibility index (Phi) is 2.88. The Morgan fingerprint density at radius 3 is 2.80 bits per heavy atom. The zero-order valence-corrected chi connectivity index (χ0v) is 13.8. The molecule has 2 aromatic rings. The van der Waals surface area contributed by atoms with Crippen molar-refractivity contribution in [1.82, 2.24) is 9.97 Å². The number of ether oxygens (including phenoxy) is 3. The standard InChI is InChI=1S/C18H18N4O3/c1-17-4-5-23-15(17)18(9-24-16(19)22-18)13-6-11(2-3-14(13)25-17)12-7-20-10-21-8-12/h2-3,6-8,10,15H,4-5,9H2,1H3,(H2,19,22)/t15-,17+,18?/m0/s1. The first-order valence-corrected chi connectivity index (χ1v) is 8.29. The highest BCUT2D eigenvalue weighted by atomic mass is 16.6. The molecule has 3 aliphatic rings. The van der Waals surface area contributed by atoms with Gasteiger partial charge in [0.05, 0.1) is 6.61 Å². The van der Waals surface area contributed by atoms with Crippen molar-refractivity contribution in [3.8, 4) is 16.9 Å². The smallest absolute Gasteiger partial charge is 0.283 e. The van der Waals surface area contributed by atoms with Crippen LogP contribution in [0, 0.1) is 0 Å². The first-order valence-electron chi connectivity index (χ1n) is 8.29. The number of fused-ring (bicyclic) bond motifs is 4. The van der Waals surface area contributed by atoms with Gasteiger partial charge >= 0.3 is 0 Å². The molecular formula is C18H18N4O3. The number of hydrogen-bond donors (Lipinski definition) is 1. The highest BCUT2D eigenvalue weighted by Crippen LogP contribution is 2.53. The van der Waals surface area contributed by atoms with E-state index in [4.69, 9.17) is 19.9 Å². The van der Waals surface area contributed by atoms with Crippen LogP contribution in [-0.4, -0.2) is 40.9 Å². The Labute approximate surface area is 144 Å². The van der Waals surface area contributed by atoms with Gasteiger partial charge in [-0.05, 0) is 24.6 Å². The minimum absolute atomic E-state index is 0.194. The molecule has 5 rings (SSSR count). The van der Waals surface area contributed by atoms with Gasteiger partial charge in [0.15, 0.2) is 5.54 Å². The Balaban J connectivity index is 1.71. The summed E-state index contributed by atoms with van der Waals surface area (Å²) in [5.41, 5.74) is 7.60. The quantitative estimate of drug-likeness (QED) is 0.849. The van der Waals surface area contributed by atoms with Crippen LogP contribution >= 0.6 is 0 Å². The number of amidine groups is 1. The zero-order valence-electron chi connectivity index (χ0n) is 13.8. The zero-order chi connectivity index (χ0) is 17.1. The monoisotopic (exact) mass is 338 g/mol. The third-order valence-corrected chi connectivity index (χ3v) is 5.30. The van der Waals surface area contributed by atoms with Crippen LogP contribution < -0.4 is 10.5 Å². The summed E-state index contributed by atoms with van der Waals surface area (Å²) >= 11 is 0. The maximum Gasteiger partial charge on any atom is 0.283 e. The molecule has 0 amide bonds. The summed E-state index contributed by atoms with van der Waals surface area (Å²) in [5.74, 6) is 0.798. The van der Waals surface area contributed by atoms with E-state index >= 15 is 0 Å². The number of aliphatic imine (C=N–C) groups is 1. The molecule has 3 atom stereocenters. The Morgan fingerprint density at radius 1 is 1.20 bits per heavy atom. The molecule has 0 saturated carbocycles. The maximum absolute atomic E-state index is 6.33. The molecule has 1 fully saturated rings.